The molecular formula is C15H16O9. The lowest BCUT2D eigenvalue weighted by Gasteiger charge is -2.17. The van der Waals surface area contributed by atoms with Crippen LogP contribution in [-0.2, 0) is 23.9 Å². The van der Waals surface area contributed by atoms with Crippen molar-refractivity contribution >= 4 is 24.0 Å². The van der Waals surface area contributed by atoms with Crippen LogP contribution in [0.3, 0.4) is 0 Å². The molecule has 0 aliphatic rings. The Morgan fingerprint density at radius 2 is 1.88 bits per heavy atom. The minimum absolute atomic E-state index is 0.0829. The number of carbonyl (C=O) groups excluding carboxylic acids is 2. The SMILES string of the molecule is CCOC(=O)C(O)C(OC(=O)C=Cc1ccc(O)c(O)c1)C(=O)O. The van der Waals surface area contributed by atoms with E-state index < -0.39 is 35.9 Å². The monoisotopic (exact) mass is 340 g/mol. The smallest absolute Gasteiger partial charge is 0.348 e. The number of hydrogen-bond acceptors (Lipinski definition) is 8. The molecule has 2 atom stereocenters. The molecule has 9 nitrogen and oxygen atoms in total. The van der Waals surface area contributed by atoms with Crippen LogP contribution in [0.25, 0.3) is 6.08 Å². The van der Waals surface area contributed by atoms with Crippen molar-refractivity contribution in [2.75, 3.05) is 6.61 Å². The Balaban J connectivity index is 2.78. The number of phenolic OH excluding ortho intramolecular Hbond substituents is 2. The number of hydrogen-bond donors (Lipinski definition) is 4. The number of aliphatic carboxylic acids is 1. The van der Waals surface area contributed by atoms with Gasteiger partial charge in [-0.1, -0.05) is 6.07 Å². The maximum Gasteiger partial charge on any atom is 0.348 e. The summed E-state index contributed by atoms with van der Waals surface area (Å²) in [7, 11) is 0. The van der Waals surface area contributed by atoms with Gasteiger partial charge in [-0.25, -0.2) is 14.4 Å². The van der Waals surface area contributed by atoms with E-state index in [0.29, 0.717) is 5.56 Å². The first-order chi connectivity index (χ1) is 11.3. The molecular weight excluding hydrogens is 324 g/mol. The summed E-state index contributed by atoms with van der Waals surface area (Å²) in [6.45, 7) is 1.38. The van der Waals surface area contributed by atoms with Crippen molar-refractivity contribution in [2.45, 2.75) is 19.1 Å². The molecule has 0 saturated carbocycles. The Morgan fingerprint density at radius 3 is 2.42 bits per heavy atom. The van der Waals surface area contributed by atoms with Crippen LogP contribution >= 0.6 is 0 Å². The van der Waals surface area contributed by atoms with Gasteiger partial charge in [0.15, 0.2) is 17.6 Å². The molecule has 0 aliphatic carbocycles. The van der Waals surface area contributed by atoms with Crippen LogP contribution in [0.4, 0.5) is 0 Å². The molecule has 0 bridgehead atoms. The summed E-state index contributed by atoms with van der Waals surface area (Å²) in [4.78, 5) is 34.0. The highest BCUT2D eigenvalue weighted by molar-refractivity contribution is 5.91. The van der Waals surface area contributed by atoms with Gasteiger partial charge < -0.3 is 29.9 Å². The normalized spacial score (nSPS) is 13.2. The highest BCUT2D eigenvalue weighted by atomic mass is 16.6. The lowest BCUT2D eigenvalue weighted by molar-refractivity contribution is -0.178. The average Bonchev–Trinajstić information content (AvgIpc) is 2.53. The summed E-state index contributed by atoms with van der Waals surface area (Å²) in [6.07, 6.45) is -2.29. The maximum atomic E-state index is 11.6. The van der Waals surface area contributed by atoms with Crippen LogP contribution in [-0.4, -0.2) is 57.1 Å². The molecule has 0 heterocycles. The Morgan fingerprint density at radius 1 is 1.21 bits per heavy atom. The van der Waals surface area contributed by atoms with Gasteiger partial charge in [-0.15, -0.1) is 0 Å². The van der Waals surface area contributed by atoms with E-state index >= 15 is 0 Å². The fourth-order valence-electron chi connectivity index (χ4n) is 1.57. The standard InChI is InChI=1S/C15H16O9/c1-2-23-15(22)12(19)13(14(20)21)24-11(18)6-4-8-3-5-9(16)10(17)7-8/h3-7,12-13,16-17,19H,2H2,1H3,(H,20,21). The summed E-state index contributed by atoms with van der Waals surface area (Å²) in [5, 5.41) is 37.0. The van der Waals surface area contributed by atoms with Crippen molar-refractivity contribution in [1.29, 1.82) is 0 Å². The highest BCUT2D eigenvalue weighted by Gasteiger charge is 2.36. The molecule has 130 valence electrons. The number of ether oxygens (including phenoxy) is 2. The molecule has 0 aromatic heterocycles. The predicted octanol–water partition coefficient (Wildman–Crippen LogP) is 0.0314. The van der Waals surface area contributed by atoms with E-state index in [4.69, 9.17) is 10.2 Å². The Labute approximate surface area is 136 Å². The van der Waals surface area contributed by atoms with Gasteiger partial charge in [-0.3, -0.25) is 0 Å². The van der Waals surface area contributed by atoms with E-state index in [1.807, 2.05) is 0 Å². The van der Waals surface area contributed by atoms with Crippen LogP contribution in [0.15, 0.2) is 24.3 Å². The van der Waals surface area contributed by atoms with Gasteiger partial charge in [0.05, 0.1) is 6.61 Å². The van der Waals surface area contributed by atoms with Crippen LogP contribution in [0, 0.1) is 0 Å². The third-order valence-corrected chi connectivity index (χ3v) is 2.71. The average molecular weight is 340 g/mol. The second kappa shape index (κ2) is 8.53. The van der Waals surface area contributed by atoms with Crippen molar-refractivity contribution < 1.29 is 44.3 Å². The Hall–Kier alpha value is -3.07. The molecule has 0 radical (unpaired) electrons. The first-order valence-electron chi connectivity index (χ1n) is 6.74. The lowest BCUT2D eigenvalue weighted by atomic mass is 10.2. The number of aliphatic hydroxyl groups excluding tert-OH is 1. The van der Waals surface area contributed by atoms with Gasteiger partial charge >= 0.3 is 17.9 Å². The van der Waals surface area contributed by atoms with Crippen molar-refractivity contribution in [3.05, 3.63) is 29.8 Å². The molecule has 2 unspecified atom stereocenters. The van der Waals surface area contributed by atoms with Gasteiger partial charge in [0.25, 0.3) is 0 Å². The van der Waals surface area contributed by atoms with E-state index in [-0.39, 0.29) is 12.4 Å². The molecule has 1 aromatic carbocycles. The fourth-order valence-corrected chi connectivity index (χ4v) is 1.57. The molecule has 0 amide bonds. The minimum Gasteiger partial charge on any atom is -0.504 e. The Kier molecular flexibility index (Phi) is 6.75. The first kappa shape index (κ1) is 19.0. The van der Waals surface area contributed by atoms with E-state index in [2.05, 4.69) is 9.47 Å². The van der Waals surface area contributed by atoms with Crippen molar-refractivity contribution in [3.8, 4) is 11.5 Å². The number of rotatable bonds is 7. The molecule has 4 N–H and O–H groups in total. The number of carbonyl (C=O) groups is 3. The van der Waals surface area contributed by atoms with Gasteiger partial charge in [0.2, 0.25) is 6.10 Å². The zero-order chi connectivity index (χ0) is 18.3. The van der Waals surface area contributed by atoms with E-state index in [1.165, 1.54) is 25.1 Å². The second-order valence-corrected chi connectivity index (χ2v) is 4.47. The molecule has 24 heavy (non-hydrogen) atoms. The Bertz CT molecular complexity index is 650. The number of aromatic hydroxyl groups is 2. The number of phenols is 2. The minimum atomic E-state index is -2.17. The summed E-state index contributed by atoms with van der Waals surface area (Å²) in [5.74, 6) is -4.85. The molecule has 1 rings (SSSR count). The number of carboxylic acids is 1. The topological polar surface area (TPSA) is 151 Å². The van der Waals surface area contributed by atoms with Crippen LogP contribution in [0.1, 0.15) is 12.5 Å². The van der Waals surface area contributed by atoms with Gasteiger partial charge in [0, 0.05) is 6.08 Å². The van der Waals surface area contributed by atoms with Gasteiger partial charge in [-0.2, -0.15) is 0 Å². The van der Waals surface area contributed by atoms with Crippen LogP contribution in [0.5, 0.6) is 11.5 Å². The molecule has 0 spiro atoms. The lowest BCUT2D eigenvalue weighted by Crippen LogP contribution is -2.43. The number of aliphatic hydroxyl groups is 1. The van der Waals surface area contributed by atoms with E-state index in [1.54, 1.807) is 0 Å². The molecule has 0 aliphatic heterocycles. The molecule has 0 fully saturated rings. The van der Waals surface area contributed by atoms with Gasteiger partial charge in [0.1, 0.15) is 0 Å². The van der Waals surface area contributed by atoms with Crippen molar-refractivity contribution in [2.24, 2.45) is 0 Å². The summed E-state index contributed by atoms with van der Waals surface area (Å²) < 4.78 is 8.99. The predicted molar refractivity (Wildman–Crippen MR) is 79.0 cm³/mol. The third-order valence-electron chi connectivity index (χ3n) is 2.71. The quantitative estimate of drug-likeness (QED) is 0.306. The molecule has 1 aromatic rings. The zero-order valence-electron chi connectivity index (χ0n) is 12.6. The van der Waals surface area contributed by atoms with Gasteiger partial charge in [-0.05, 0) is 30.7 Å². The largest absolute Gasteiger partial charge is 0.504 e. The molecule has 9 heteroatoms. The summed E-state index contributed by atoms with van der Waals surface area (Å²) in [6, 6.07) is 3.72. The van der Waals surface area contributed by atoms with Crippen LogP contribution < -0.4 is 0 Å². The van der Waals surface area contributed by atoms with E-state index in [9.17, 15) is 24.6 Å². The molecule has 0 saturated heterocycles. The number of esters is 2. The fraction of sp³-hybridized carbons (Fsp3) is 0.267. The first-order valence-corrected chi connectivity index (χ1v) is 6.74. The van der Waals surface area contributed by atoms with Crippen LogP contribution in [0.2, 0.25) is 0 Å². The highest BCUT2D eigenvalue weighted by Crippen LogP contribution is 2.25. The second-order valence-electron chi connectivity index (χ2n) is 4.47. The van der Waals surface area contributed by atoms with Crippen molar-refractivity contribution in [3.63, 3.8) is 0 Å². The maximum absolute atomic E-state index is 11.6. The number of benzene rings is 1. The third kappa shape index (κ3) is 5.29. The summed E-state index contributed by atoms with van der Waals surface area (Å²) in [5.41, 5.74) is 0.320. The summed E-state index contributed by atoms with van der Waals surface area (Å²) >= 11 is 0. The van der Waals surface area contributed by atoms with E-state index in [0.717, 1.165) is 12.1 Å². The zero-order valence-corrected chi connectivity index (χ0v) is 12.6. The van der Waals surface area contributed by atoms with Crippen molar-refractivity contribution in [1.82, 2.24) is 0 Å². The number of carboxylic acid groups (broad SMARTS) is 1.